The normalized spacial score (nSPS) is 14.6. The van der Waals surface area contributed by atoms with Crippen LogP contribution in [-0.2, 0) is 22.6 Å². The average molecular weight is 439 g/mol. The number of benzene rings is 2. The van der Waals surface area contributed by atoms with Crippen molar-refractivity contribution in [1.29, 1.82) is 0 Å². The van der Waals surface area contributed by atoms with E-state index in [9.17, 15) is 9.59 Å². The van der Waals surface area contributed by atoms with E-state index in [1.807, 2.05) is 55.5 Å². The van der Waals surface area contributed by atoms with Crippen molar-refractivity contribution in [2.45, 2.75) is 64.1 Å². The number of nitrogens with zero attached hydrogens (tertiary/aromatic N) is 1. The van der Waals surface area contributed by atoms with E-state index in [1.54, 1.807) is 19.1 Å². The monoisotopic (exact) mass is 438 g/mol. The lowest BCUT2D eigenvalue weighted by Crippen LogP contribution is -2.49. The van der Waals surface area contributed by atoms with E-state index in [2.05, 4.69) is 5.32 Å². The van der Waals surface area contributed by atoms with E-state index in [0.717, 1.165) is 36.8 Å². The molecule has 0 bridgehead atoms. The molecule has 0 saturated heterocycles. The van der Waals surface area contributed by atoms with Gasteiger partial charge in [-0.15, -0.1) is 0 Å². The van der Waals surface area contributed by atoms with Crippen molar-refractivity contribution < 1.29 is 19.1 Å². The number of carbonyl (C=O) groups is 2. The third kappa shape index (κ3) is 6.25. The summed E-state index contributed by atoms with van der Waals surface area (Å²) in [6, 6.07) is 15.2. The summed E-state index contributed by atoms with van der Waals surface area (Å²) in [5, 5.41) is 3.14. The Labute approximate surface area is 190 Å². The molecule has 1 unspecified atom stereocenters. The molecule has 0 spiro atoms. The molecule has 1 N–H and O–H groups in total. The Kier molecular flexibility index (Phi) is 8.54. The van der Waals surface area contributed by atoms with Gasteiger partial charge in [0.15, 0.2) is 11.5 Å². The molecule has 32 heavy (non-hydrogen) atoms. The smallest absolute Gasteiger partial charge is 0.242 e. The van der Waals surface area contributed by atoms with E-state index in [0.29, 0.717) is 30.9 Å². The predicted octanol–water partition coefficient (Wildman–Crippen LogP) is 4.11. The number of hydrogen-bond acceptors (Lipinski definition) is 4. The van der Waals surface area contributed by atoms with Crippen LogP contribution < -0.4 is 14.8 Å². The van der Waals surface area contributed by atoms with Gasteiger partial charge in [-0.05, 0) is 49.4 Å². The minimum atomic E-state index is -0.534. The van der Waals surface area contributed by atoms with Crippen LogP contribution in [0.2, 0.25) is 0 Å². The molecule has 6 heteroatoms. The molecule has 0 heterocycles. The largest absolute Gasteiger partial charge is 0.493 e. The highest BCUT2D eigenvalue weighted by Crippen LogP contribution is 2.28. The van der Waals surface area contributed by atoms with Crippen molar-refractivity contribution in [3.05, 3.63) is 59.7 Å². The van der Waals surface area contributed by atoms with Gasteiger partial charge in [0.1, 0.15) is 6.04 Å². The van der Waals surface area contributed by atoms with E-state index in [-0.39, 0.29) is 17.9 Å². The topological polar surface area (TPSA) is 67.9 Å². The lowest BCUT2D eigenvalue weighted by atomic mass is 10.1. The van der Waals surface area contributed by atoms with E-state index < -0.39 is 6.04 Å². The summed E-state index contributed by atoms with van der Waals surface area (Å²) in [6.07, 6.45) is 5.20. The van der Waals surface area contributed by atoms with Gasteiger partial charge in [-0.2, -0.15) is 0 Å². The number of carbonyl (C=O) groups excluding carboxylic acids is 2. The van der Waals surface area contributed by atoms with E-state index >= 15 is 0 Å². The van der Waals surface area contributed by atoms with Crippen LogP contribution in [0.3, 0.4) is 0 Å². The van der Waals surface area contributed by atoms with Gasteiger partial charge < -0.3 is 19.7 Å². The molecule has 0 radical (unpaired) electrons. The van der Waals surface area contributed by atoms with Crippen LogP contribution in [-0.4, -0.2) is 43.0 Å². The van der Waals surface area contributed by atoms with E-state index in [4.69, 9.17) is 9.47 Å². The Morgan fingerprint density at radius 1 is 1.00 bits per heavy atom. The molecule has 1 fully saturated rings. The van der Waals surface area contributed by atoms with Crippen molar-refractivity contribution >= 4 is 11.8 Å². The molecule has 172 valence electrons. The van der Waals surface area contributed by atoms with Crippen LogP contribution >= 0.6 is 0 Å². The fraction of sp³-hybridized carbons (Fsp3) is 0.462. The third-order valence-electron chi connectivity index (χ3n) is 6.14. The number of methoxy groups -OCH3 is 2. The summed E-state index contributed by atoms with van der Waals surface area (Å²) >= 11 is 0. The molecule has 2 aromatic rings. The van der Waals surface area contributed by atoms with Crippen molar-refractivity contribution in [3.8, 4) is 11.5 Å². The number of aryl methyl sites for hydroxylation is 1. The molecular weight excluding hydrogens is 404 g/mol. The Bertz CT molecular complexity index is 894. The number of ether oxygens (including phenoxy) is 2. The molecule has 1 aliphatic carbocycles. The van der Waals surface area contributed by atoms with Crippen molar-refractivity contribution in [2.75, 3.05) is 14.2 Å². The van der Waals surface area contributed by atoms with Gasteiger partial charge in [0.05, 0.1) is 14.2 Å². The zero-order valence-corrected chi connectivity index (χ0v) is 19.3. The molecule has 1 atom stereocenters. The summed E-state index contributed by atoms with van der Waals surface area (Å²) in [4.78, 5) is 27.9. The highest BCUT2D eigenvalue weighted by Gasteiger charge is 2.28. The van der Waals surface area contributed by atoms with Crippen LogP contribution in [0.15, 0.2) is 48.5 Å². The maximum absolute atomic E-state index is 13.3. The van der Waals surface area contributed by atoms with Gasteiger partial charge in [-0.25, -0.2) is 0 Å². The quantitative estimate of drug-likeness (QED) is 0.606. The Morgan fingerprint density at radius 2 is 1.69 bits per heavy atom. The predicted molar refractivity (Wildman–Crippen MR) is 125 cm³/mol. The van der Waals surface area contributed by atoms with Crippen LogP contribution in [0, 0.1) is 0 Å². The second-order valence-corrected chi connectivity index (χ2v) is 8.36. The Morgan fingerprint density at radius 3 is 2.34 bits per heavy atom. The summed E-state index contributed by atoms with van der Waals surface area (Å²) in [5.74, 6) is 1.18. The SMILES string of the molecule is COc1ccc(CCC(=O)N(Cc2ccccc2)C(C)C(=O)NC2CCCC2)cc1OC. The standard InChI is InChI=1S/C26H34N2O4/c1-19(26(30)27-22-11-7-8-12-22)28(18-21-9-5-4-6-10-21)25(29)16-14-20-13-15-23(31-2)24(17-20)32-3/h4-6,9-10,13,15,17,19,22H,7-8,11-12,14,16,18H2,1-3H3,(H,27,30). The van der Waals surface area contributed by atoms with Gasteiger partial charge in [0.2, 0.25) is 11.8 Å². The Hall–Kier alpha value is -3.02. The van der Waals surface area contributed by atoms with Crippen molar-refractivity contribution in [1.82, 2.24) is 10.2 Å². The molecule has 1 saturated carbocycles. The van der Waals surface area contributed by atoms with Crippen LogP contribution in [0.4, 0.5) is 0 Å². The van der Waals surface area contributed by atoms with Crippen LogP contribution in [0.25, 0.3) is 0 Å². The maximum Gasteiger partial charge on any atom is 0.242 e. The number of rotatable bonds is 10. The van der Waals surface area contributed by atoms with Crippen molar-refractivity contribution in [3.63, 3.8) is 0 Å². The molecule has 0 aliphatic heterocycles. The fourth-order valence-electron chi connectivity index (χ4n) is 4.19. The number of nitrogens with one attached hydrogen (secondary N) is 1. The third-order valence-corrected chi connectivity index (χ3v) is 6.14. The second kappa shape index (κ2) is 11.6. The first-order chi connectivity index (χ1) is 15.5. The number of amides is 2. The molecule has 0 aromatic heterocycles. The molecule has 6 nitrogen and oxygen atoms in total. The highest BCUT2D eigenvalue weighted by molar-refractivity contribution is 5.87. The van der Waals surface area contributed by atoms with Gasteiger partial charge in [0, 0.05) is 19.0 Å². The lowest BCUT2D eigenvalue weighted by Gasteiger charge is -2.30. The minimum absolute atomic E-state index is 0.0438. The number of hydrogen-bond donors (Lipinski definition) is 1. The van der Waals surface area contributed by atoms with E-state index in [1.165, 1.54) is 0 Å². The zero-order chi connectivity index (χ0) is 22.9. The molecule has 2 aromatic carbocycles. The summed E-state index contributed by atoms with van der Waals surface area (Å²) in [7, 11) is 3.19. The lowest BCUT2D eigenvalue weighted by molar-refractivity contribution is -0.140. The van der Waals surface area contributed by atoms with Gasteiger partial charge >= 0.3 is 0 Å². The first kappa shape index (κ1) is 23.6. The highest BCUT2D eigenvalue weighted by atomic mass is 16.5. The second-order valence-electron chi connectivity index (χ2n) is 8.36. The van der Waals surface area contributed by atoms with Gasteiger partial charge in [-0.3, -0.25) is 9.59 Å². The first-order valence-corrected chi connectivity index (χ1v) is 11.4. The van der Waals surface area contributed by atoms with Crippen LogP contribution in [0.5, 0.6) is 11.5 Å². The fourth-order valence-corrected chi connectivity index (χ4v) is 4.19. The minimum Gasteiger partial charge on any atom is -0.493 e. The molecule has 1 aliphatic rings. The molecule has 2 amide bonds. The molecular formula is C26H34N2O4. The van der Waals surface area contributed by atoms with Crippen LogP contribution in [0.1, 0.15) is 50.2 Å². The summed E-state index contributed by atoms with van der Waals surface area (Å²) in [5.41, 5.74) is 1.99. The van der Waals surface area contributed by atoms with Crippen molar-refractivity contribution in [2.24, 2.45) is 0 Å². The summed E-state index contributed by atoms with van der Waals surface area (Å²) < 4.78 is 10.7. The average Bonchev–Trinajstić information content (AvgIpc) is 3.34. The summed E-state index contributed by atoms with van der Waals surface area (Å²) in [6.45, 7) is 2.23. The first-order valence-electron chi connectivity index (χ1n) is 11.4. The van der Waals surface area contributed by atoms with Gasteiger partial charge in [-0.1, -0.05) is 49.2 Å². The molecule has 3 rings (SSSR count). The Balaban J connectivity index is 1.70. The van der Waals surface area contributed by atoms with Gasteiger partial charge in [0.25, 0.3) is 0 Å². The zero-order valence-electron chi connectivity index (χ0n) is 19.3. The maximum atomic E-state index is 13.3.